The Morgan fingerprint density at radius 2 is 2.13 bits per heavy atom. The lowest BCUT2D eigenvalue weighted by Crippen LogP contribution is -2.18. The quantitative estimate of drug-likeness (QED) is 0.814. The maximum Gasteiger partial charge on any atom is 0.144 e. The molecule has 1 atom stereocenters. The van der Waals surface area contributed by atoms with Crippen molar-refractivity contribution < 1.29 is 13.9 Å². The van der Waals surface area contributed by atoms with Crippen molar-refractivity contribution in [1.82, 2.24) is 0 Å². The van der Waals surface area contributed by atoms with Gasteiger partial charge in [-0.1, -0.05) is 0 Å². The molecule has 1 unspecified atom stereocenters. The third-order valence-electron chi connectivity index (χ3n) is 2.15. The van der Waals surface area contributed by atoms with Gasteiger partial charge in [-0.25, -0.2) is 4.39 Å². The Balaban J connectivity index is 2.67. The SMILES string of the molecule is COc1cc(F)ccc1NCC(C)OC. The van der Waals surface area contributed by atoms with Gasteiger partial charge in [-0.2, -0.15) is 0 Å². The summed E-state index contributed by atoms with van der Waals surface area (Å²) < 4.78 is 23.0. The molecule has 0 amide bonds. The lowest BCUT2D eigenvalue weighted by molar-refractivity contribution is 0.128. The van der Waals surface area contributed by atoms with Crippen molar-refractivity contribution in [2.24, 2.45) is 0 Å². The van der Waals surface area contributed by atoms with E-state index in [9.17, 15) is 4.39 Å². The van der Waals surface area contributed by atoms with E-state index in [4.69, 9.17) is 9.47 Å². The van der Waals surface area contributed by atoms with E-state index in [1.54, 1.807) is 13.2 Å². The molecular weight excluding hydrogens is 197 g/mol. The number of hydrogen-bond acceptors (Lipinski definition) is 3. The molecule has 0 saturated carbocycles. The summed E-state index contributed by atoms with van der Waals surface area (Å²) in [5.41, 5.74) is 0.766. The van der Waals surface area contributed by atoms with Gasteiger partial charge >= 0.3 is 0 Å². The first-order valence-electron chi connectivity index (χ1n) is 4.77. The van der Waals surface area contributed by atoms with E-state index in [-0.39, 0.29) is 11.9 Å². The second kappa shape index (κ2) is 5.56. The van der Waals surface area contributed by atoms with Gasteiger partial charge in [0.15, 0.2) is 0 Å². The molecule has 0 radical (unpaired) electrons. The highest BCUT2D eigenvalue weighted by molar-refractivity contribution is 5.56. The predicted molar refractivity (Wildman–Crippen MR) is 57.9 cm³/mol. The molecule has 0 aliphatic rings. The number of ether oxygens (including phenoxy) is 2. The van der Waals surface area contributed by atoms with Crippen LogP contribution < -0.4 is 10.1 Å². The highest BCUT2D eigenvalue weighted by Crippen LogP contribution is 2.24. The Morgan fingerprint density at radius 3 is 2.73 bits per heavy atom. The molecule has 1 N–H and O–H groups in total. The van der Waals surface area contributed by atoms with E-state index in [0.717, 1.165) is 5.69 Å². The second-order valence-corrected chi connectivity index (χ2v) is 3.27. The second-order valence-electron chi connectivity index (χ2n) is 3.27. The Bertz CT molecular complexity index is 317. The number of benzene rings is 1. The topological polar surface area (TPSA) is 30.5 Å². The maximum atomic E-state index is 12.9. The number of methoxy groups -OCH3 is 2. The molecule has 1 rings (SSSR count). The lowest BCUT2D eigenvalue weighted by atomic mass is 10.2. The van der Waals surface area contributed by atoms with E-state index in [2.05, 4.69) is 5.32 Å². The minimum Gasteiger partial charge on any atom is -0.494 e. The van der Waals surface area contributed by atoms with Crippen LogP contribution in [-0.2, 0) is 4.74 Å². The smallest absolute Gasteiger partial charge is 0.144 e. The average Bonchev–Trinajstić information content (AvgIpc) is 2.26. The van der Waals surface area contributed by atoms with E-state index < -0.39 is 0 Å². The fraction of sp³-hybridized carbons (Fsp3) is 0.455. The van der Waals surface area contributed by atoms with Gasteiger partial charge in [0, 0.05) is 19.7 Å². The van der Waals surface area contributed by atoms with Crippen LogP contribution in [0.2, 0.25) is 0 Å². The number of halogens is 1. The molecular formula is C11H16FNO2. The lowest BCUT2D eigenvalue weighted by Gasteiger charge is -2.14. The van der Waals surface area contributed by atoms with Crippen LogP contribution in [0.4, 0.5) is 10.1 Å². The van der Waals surface area contributed by atoms with Crippen LogP contribution in [0.5, 0.6) is 5.75 Å². The Kier molecular flexibility index (Phi) is 4.37. The molecule has 0 spiro atoms. The molecule has 4 heteroatoms. The summed E-state index contributed by atoms with van der Waals surface area (Å²) in [6.45, 7) is 2.60. The first-order chi connectivity index (χ1) is 7.17. The molecule has 1 aromatic rings. The molecule has 0 bridgehead atoms. The molecule has 3 nitrogen and oxygen atoms in total. The largest absolute Gasteiger partial charge is 0.494 e. The monoisotopic (exact) mass is 213 g/mol. The highest BCUT2D eigenvalue weighted by Gasteiger charge is 2.05. The van der Waals surface area contributed by atoms with Gasteiger partial charge in [0.05, 0.1) is 18.9 Å². The van der Waals surface area contributed by atoms with Crippen LogP contribution in [0.15, 0.2) is 18.2 Å². The summed E-state index contributed by atoms with van der Waals surface area (Å²) in [5, 5.41) is 3.13. The van der Waals surface area contributed by atoms with Crippen LogP contribution in [0.25, 0.3) is 0 Å². The summed E-state index contributed by atoms with van der Waals surface area (Å²) in [6.07, 6.45) is 0.0970. The van der Waals surface area contributed by atoms with Crippen molar-refractivity contribution in [2.45, 2.75) is 13.0 Å². The average molecular weight is 213 g/mol. The van der Waals surface area contributed by atoms with Gasteiger partial charge < -0.3 is 14.8 Å². The van der Waals surface area contributed by atoms with Crippen molar-refractivity contribution in [3.63, 3.8) is 0 Å². The summed E-state index contributed by atoms with van der Waals surface area (Å²) >= 11 is 0. The van der Waals surface area contributed by atoms with E-state index >= 15 is 0 Å². The summed E-state index contributed by atoms with van der Waals surface area (Å²) in [4.78, 5) is 0. The third-order valence-corrected chi connectivity index (χ3v) is 2.15. The maximum absolute atomic E-state index is 12.9. The summed E-state index contributed by atoms with van der Waals surface area (Å²) in [7, 11) is 3.16. The fourth-order valence-electron chi connectivity index (χ4n) is 1.15. The Labute approximate surface area is 89.2 Å². The van der Waals surface area contributed by atoms with Crippen molar-refractivity contribution in [2.75, 3.05) is 26.1 Å². The first-order valence-corrected chi connectivity index (χ1v) is 4.77. The van der Waals surface area contributed by atoms with Gasteiger partial charge in [-0.3, -0.25) is 0 Å². The van der Waals surface area contributed by atoms with Gasteiger partial charge in [0.25, 0.3) is 0 Å². The zero-order chi connectivity index (χ0) is 11.3. The molecule has 15 heavy (non-hydrogen) atoms. The van der Waals surface area contributed by atoms with Crippen LogP contribution in [0, 0.1) is 5.82 Å². The van der Waals surface area contributed by atoms with Crippen LogP contribution >= 0.6 is 0 Å². The molecule has 0 aromatic heterocycles. The van der Waals surface area contributed by atoms with Crippen molar-refractivity contribution in [1.29, 1.82) is 0 Å². The van der Waals surface area contributed by atoms with Gasteiger partial charge in [-0.05, 0) is 19.1 Å². The number of nitrogens with one attached hydrogen (secondary N) is 1. The van der Waals surface area contributed by atoms with Crippen LogP contribution in [0.1, 0.15) is 6.92 Å². The third kappa shape index (κ3) is 3.40. The molecule has 1 aromatic carbocycles. The molecule has 84 valence electrons. The molecule has 0 aliphatic heterocycles. The van der Waals surface area contributed by atoms with Gasteiger partial charge in [0.1, 0.15) is 11.6 Å². The summed E-state index contributed by atoms with van der Waals surface area (Å²) in [6, 6.07) is 4.39. The molecule has 0 fully saturated rings. The van der Waals surface area contributed by atoms with Gasteiger partial charge in [0.2, 0.25) is 0 Å². The van der Waals surface area contributed by atoms with Gasteiger partial charge in [-0.15, -0.1) is 0 Å². The summed E-state index contributed by atoms with van der Waals surface area (Å²) in [5.74, 6) is 0.190. The van der Waals surface area contributed by atoms with E-state index in [1.165, 1.54) is 19.2 Å². The minimum absolute atomic E-state index is 0.0970. The van der Waals surface area contributed by atoms with Crippen LogP contribution in [-0.4, -0.2) is 26.9 Å². The normalized spacial score (nSPS) is 12.3. The van der Waals surface area contributed by atoms with E-state index in [0.29, 0.717) is 12.3 Å². The minimum atomic E-state index is -0.308. The number of rotatable bonds is 5. The zero-order valence-corrected chi connectivity index (χ0v) is 9.21. The van der Waals surface area contributed by atoms with Crippen molar-refractivity contribution in [3.8, 4) is 5.75 Å². The molecule has 0 heterocycles. The van der Waals surface area contributed by atoms with Crippen LogP contribution in [0.3, 0.4) is 0 Å². The Hall–Kier alpha value is -1.29. The molecule has 0 aliphatic carbocycles. The standard InChI is InChI=1S/C11H16FNO2/c1-8(14-2)7-13-10-5-4-9(12)6-11(10)15-3/h4-6,8,13H,7H2,1-3H3. The highest BCUT2D eigenvalue weighted by atomic mass is 19.1. The molecule has 0 saturated heterocycles. The van der Waals surface area contributed by atoms with Crippen molar-refractivity contribution >= 4 is 5.69 Å². The fourth-order valence-corrected chi connectivity index (χ4v) is 1.15. The predicted octanol–water partition coefficient (Wildman–Crippen LogP) is 2.28. The zero-order valence-electron chi connectivity index (χ0n) is 9.21. The van der Waals surface area contributed by atoms with E-state index in [1.807, 2.05) is 6.92 Å². The first kappa shape index (κ1) is 11.8. The number of hydrogen-bond donors (Lipinski definition) is 1. The Morgan fingerprint density at radius 1 is 1.40 bits per heavy atom. The van der Waals surface area contributed by atoms with Crippen molar-refractivity contribution in [3.05, 3.63) is 24.0 Å². The number of anilines is 1.